The predicted octanol–water partition coefficient (Wildman–Crippen LogP) is 5.85. The van der Waals surface area contributed by atoms with Crippen molar-refractivity contribution in [3.8, 4) is 21.7 Å². The summed E-state index contributed by atoms with van der Waals surface area (Å²) >= 11 is 1.28. The molecule has 1 aliphatic rings. The first kappa shape index (κ1) is 26.8. The Bertz CT molecular complexity index is 1500. The minimum atomic E-state index is -4.61. The van der Waals surface area contributed by atoms with Gasteiger partial charge in [0.2, 0.25) is 5.95 Å². The third-order valence-electron chi connectivity index (χ3n) is 6.96. The summed E-state index contributed by atoms with van der Waals surface area (Å²) in [5.41, 5.74) is -0.554. The molecule has 0 spiro atoms. The van der Waals surface area contributed by atoms with Crippen LogP contribution in [0.2, 0.25) is 0 Å². The van der Waals surface area contributed by atoms with Gasteiger partial charge < -0.3 is 15.5 Å². The number of nitrogens with one attached hydrogen (secondary N) is 2. The summed E-state index contributed by atoms with van der Waals surface area (Å²) in [4.78, 5) is 24.4. The second kappa shape index (κ2) is 9.72. The number of nitrogens with zero attached hydrogens (tertiary/aromatic N) is 4. The van der Waals surface area contributed by atoms with Crippen molar-refractivity contribution in [2.75, 3.05) is 5.32 Å². The van der Waals surface area contributed by atoms with Gasteiger partial charge in [-0.25, -0.2) is 15.0 Å². The number of aromatic nitrogens is 5. The number of anilines is 2. The van der Waals surface area contributed by atoms with Crippen molar-refractivity contribution in [1.82, 2.24) is 25.1 Å². The zero-order valence-corrected chi connectivity index (χ0v) is 21.8. The Morgan fingerprint density at radius 3 is 2.62 bits per heavy atom. The molecule has 0 unspecified atom stereocenters. The summed E-state index contributed by atoms with van der Waals surface area (Å²) in [7, 11) is 0. The fourth-order valence-corrected chi connectivity index (χ4v) is 6.14. The van der Waals surface area contributed by atoms with E-state index in [4.69, 9.17) is 0 Å². The minimum Gasteiger partial charge on any atom is -0.481 e. The molecule has 0 saturated heterocycles. The van der Waals surface area contributed by atoms with Gasteiger partial charge in [-0.05, 0) is 60.6 Å². The zero-order chi connectivity index (χ0) is 28.0. The normalized spacial score (nSPS) is 21.0. The maximum atomic E-state index is 13.2. The standard InChI is InChI=1S/C26H25F3N6O3S/c1-24(2)13-25(38,6-3-17(24)21(36)37)22-31-12-19(39-22)15-9-14(18-4-8-32-35-18)10-16(11-15)33-23-30-7-5-20(34-23)26(27,28)29/h4-5,7-12,17,38H,3,6,13H2,1-2H3,(H,32,35)(H,36,37)(H,30,33,34)/t17-,25-/m0/s1. The lowest BCUT2D eigenvalue weighted by molar-refractivity contribution is -0.154. The molecule has 0 amide bonds. The number of benzene rings is 1. The summed E-state index contributed by atoms with van der Waals surface area (Å²) in [5, 5.41) is 31.4. The van der Waals surface area contributed by atoms with Gasteiger partial charge in [-0.2, -0.15) is 18.3 Å². The van der Waals surface area contributed by atoms with Crippen molar-refractivity contribution in [2.24, 2.45) is 11.3 Å². The Morgan fingerprint density at radius 1 is 1.18 bits per heavy atom. The number of aliphatic hydroxyl groups is 1. The van der Waals surface area contributed by atoms with Crippen molar-refractivity contribution >= 4 is 28.9 Å². The number of hydrogen-bond acceptors (Lipinski definition) is 8. The number of H-pyrrole nitrogens is 1. The summed E-state index contributed by atoms with van der Waals surface area (Å²) in [6.45, 7) is 3.68. The minimum absolute atomic E-state index is 0.216. The quantitative estimate of drug-likeness (QED) is 0.231. The highest BCUT2D eigenvalue weighted by Gasteiger charge is 2.49. The van der Waals surface area contributed by atoms with Gasteiger partial charge in [0, 0.05) is 29.8 Å². The molecule has 2 atom stereocenters. The molecule has 1 aliphatic carbocycles. The number of hydrogen-bond donors (Lipinski definition) is 4. The largest absolute Gasteiger partial charge is 0.481 e. The van der Waals surface area contributed by atoms with Crippen molar-refractivity contribution in [3.63, 3.8) is 0 Å². The van der Waals surface area contributed by atoms with E-state index in [9.17, 15) is 28.2 Å². The lowest BCUT2D eigenvalue weighted by atomic mass is 9.63. The number of carbonyl (C=O) groups is 1. The number of aromatic amines is 1. The third-order valence-corrected chi connectivity index (χ3v) is 8.20. The van der Waals surface area contributed by atoms with Crippen LogP contribution in [0.4, 0.5) is 24.8 Å². The molecule has 0 aliphatic heterocycles. The van der Waals surface area contributed by atoms with E-state index in [1.54, 1.807) is 30.6 Å². The second-order valence-electron chi connectivity index (χ2n) is 10.3. The van der Waals surface area contributed by atoms with E-state index < -0.39 is 34.8 Å². The lowest BCUT2D eigenvalue weighted by Gasteiger charge is -2.44. The molecule has 4 aromatic rings. The maximum Gasteiger partial charge on any atom is 0.433 e. The van der Waals surface area contributed by atoms with Crippen LogP contribution in [0.5, 0.6) is 0 Å². The van der Waals surface area contributed by atoms with E-state index >= 15 is 0 Å². The fraction of sp³-hybridized carbons (Fsp3) is 0.346. The first-order valence-corrected chi connectivity index (χ1v) is 12.9. The van der Waals surface area contributed by atoms with Crippen molar-refractivity contribution in [1.29, 1.82) is 0 Å². The number of rotatable bonds is 6. The van der Waals surface area contributed by atoms with E-state index in [2.05, 4.69) is 30.5 Å². The lowest BCUT2D eigenvalue weighted by Crippen LogP contribution is -2.44. The number of carboxylic acids is 1. The number of alkyl halides is 3. The smallest absolute Gasteiger partial charge is 0.433 e. The molecule has 1 saturated carbocycles. The van der Waals surface area contributed by atoms with Crippen LogP contribution in [0.25, 0.3) is 21.7 Å². The molecule has 204 valence electrons. The van der Waals surface area contributed by atoms with Crippen molar-refractivity contribution < 1.29 is 28.2 Å². The average Bonchev–Trinajstić information content (AvgIpc) is 3.56. The molecule has 13 heteroatoms. The van der Waals surface area contributed by atoms with Crippen LogP contribution in [0.1, 0.15) is 43.8 Å². The Labute approximate surface area is 225 Å². The van der Waals surface area contributed by atoms with Gasteiger partial charge in [-0.15, -0.1) is 11.3 Å². The Kier molecular flexibility index (Phi) is 6.67. The van der Waals surface area contributed by atoms with Crippen LogP contribution in [0.3, 0.4) is 0 Å². The maximum absolute atomic E-state index is 13.2. The van der Waals surface area contributed by atoms with Gasteiger partial charge in [0.05, 0.1) is 16.5 Å². The molecule has 0 radical (unpaired) electrons. The molecule has 1 fully saturated rings. The molecule has 0 bridgehead atoms. The number of carboxylic acid groups (broad SMARTS) is 1. The molecule has 9 nitrogen and oxygen atoms in total. The summed E-state index contributed by atoms with van der Waals surface area (Å²) in [6, 6.07) is 7.86. The molecule has 5 rings (SSSR count). The molecule has 3 heterocycles. The van der Waals surface area contributed by atoms with Gasteiger partial charge in [0.1, 0.15) is 16.3 Å². The molecule has 1 aromatic carbocycles. The summed E-state index contributed by atoms with van der Waals surface area (Å²) in [6.07, 6.45) is 0.549. The first-order chi connectivity index (χ1) is 18.3. The van der Waals surface area contributed by atoms with E-state index in [-0.39, 0.29) is 18.8 Å². The molecule has 4 N–H and O–H groups in total. The topological polar surface area (TPSA) is 137 Å². The summed E-state index contributed by atoms with van der Waals surface area (Å²) < 4.78 is 39.5. The van der Waals surface area contributed by atoms with Crippen molar-refractivity contribution in [2.45, 2.75) is 44.9 Å². The Hall–Kier alpha value is -3.84. The monoisotopic (exact) mass is 558 g/mol. The van der Waals surface area contributed by atoms with Crippen LogP contribution >= 0.6 is 11.3 Å². The molecule has 3 aromatic heterocycles. The Balaban J connectivity index is 1.49. The van der Waals surface area contributed by atoms with Gasteiger partial charge in [-0.1, -0.05) is 13.8 Å². The molecular formula is C26H25F3N6O3S. The zero-order valence-electron chi connectivity index (χ0n) is 21.0. The predicted molar refractivity (Wildman–Crippen MR) is 138 cm³/mol. The number of halogens is 3. The molecular weight excluding hydrogens is 533 g/mol. The van der Waals surface area contributed by atoms with E-state index in [0.717, 1.165) is 12.3 Å². The number of aliphatic carboxylic acids is 1. The van der Waals surface area contributed by atoms with E-state index in [1.807, 2.05) is 19.9 Å². The molecule has 39 heavy (non-hydrogen) atoms. The van der Waals surface area contributed by atoms with Gasteiger partial charge in [0.25, 0.3) is 0 Å². The van der Waals surface area contributed by atoms with Gasteiger partial charge in [-0.3, -0.25) is 9.89 Å². The van der Waals surface area contributed by atoms with Crippen LogP contribution in [0, 0.1) is 11.3 Å². The van der Waals surface area contributed by atoms with E-state index in [1.165, 1.54) is 11.3 Å². The average molecular weight is 559 g/mol. The van der Waals surface area contributed by atoms with E-state index in [0.29, 0.717) is 38.8 Å². The second-order valence-corrected chi connectivity index (χ2v) is 11.3. The highest BCUT2D eigenvalue weighted by molar-refractivity contribution is 7.15. The fourth-order valence-electron chi connectivity index (χ4n) is 5.12. The van der Waals surface area contributed by atoms with Crippen LogP contribution < -0.4 is 5.32 Å². The van der Waals surface area contributed by atoms with Gasteiger partial charge in [0.15, 0.2) is 0 Å². The first-order valence-electron chi connectivity index (χ1n) is 12.1. The Morgan fingerprint density at radius 2 is 1.95 bits per heavy atom. The highest BCUT2D eigenvalue weighted by Crippen LogP contribution is 2.51. The van der Waals surface area contributed by atoms with Crippen molar-refractivity contribution in [3.05, 3.63) is 59.6 Å². The van der Waals surface area contributed by atoms with Crippen LogP contribution in [0.15, 0.2) is 48.9 Å². The van der Waals surface area contributed by atoms with Crippen LogP contribution in [-0.4, -0.2) is 41.3 Å². The number of thiazole rings is 1. The third kappa shape index (κ3) is 5.50. The van der Waals surface area contributed by atoms with Crippen LogP contribution in [-0.2, 0) is 16.6 Å². The summed E-state index contributed by atoms with van der Waals surface area (Å²) in [5.74, 6) is -1.65. The SMILES string of the molecule is CC1(C)C[C@](O)(c2ncc(-c3cc(Nc4nccc(C(F)(F)F)n4)cc(-c4cc[nH]n4)c3)s2)CC[C@H]1C(=O)O. The van der Waals surface area contributed by atoms with Gasteiger partial charge >= 0.3 is 12.1 Å². The highest BCUT2D eigenvalue weighted by atomic mass is 32.1.